The summed E-state index contributed by atoms with van der Waals surface area (Å²) >= 11 is 0. The predicted molar refractivity (Wildman–Crippen MR) is 131 cm³/mol. The Hall–Kier alpha value is -2.62. The number of likely N-dealkylation sites (tertiary alicyclic amines) is 1. The molecule has 0 bridgehead atoms. The van der Waals surface area contributed by atoms with Crippen molar-refractivity contribution >= 4 is 15.9 Å². The van der Waals surface area contributed by atoms with E-state index in [9.17, 15) is 13.2 Å². The average Bonchev–Trinajstić information content (AvgIpc) is 3.38. The Morgan fingerprint density at radius 3 is 2.09 bits per heavy atom. The van der Waals surface area contributed by atoms with E-state index in [0.29, 0.717) is 17.1 Å². The molecule has 1 aliphatic rings. The second kappa shape index (κ2) is 10.3. The SMILES string of the molecule is COc1cc(CC(=O)N(C)[C@@](C)(c2ccccc2)N2CCCC2)c(S(=O)(=O)N(C)C)cc1OC. The number of nitrogens with zero attached hydrogens (tertiary/aromatic N) is 3. The third-order valence-electron chi connectivity index (χ3n) is 6.74. The van der Waals surface area contributed by atoms with Crippen LogP contribution in [0.2, 0.25) is 0 Å². The van der Waals surface area contributed by atoms with Gasteiger partial charge in [-0.2, -0.15) is 0 Å². The molecule has 2 aromatic rings. The number of rotatable bonds is 9. The largest absolute Gasteiger partial charge is 0.493 e. The smallest absolute Gasteiger partial charge is 0.242 e. The van der Waals surface area contributed by atoms with Crippen LogP contribution in [-0.4, -0.2) is 76.9 Å². The number of carbonyl (C=O) groups excluding carboxylic acids is 1. The van der Waals surface area contributed by atoms with Gasteiger partial charge in [-0.05, 0) is 37.0 Å². The van der Waals surface area contributed by atoms with Crippen molar-refractivity contribution in [1.29, 1.82) is 0 Å². The molecule has 0 aromatic heterocycles. The molecule has 0 radical (unpaired) electrons. The molecule has 1 fully saturated rings. The Balaban J connectivity index is 2.05. The number of methoxy groups -OCH3 is 2. The molecule has 1 saturated heterocycles. The quantitative estimate of drug-likeness (QED) is 0.539. The standard InChI is InChI=1S/C25H35N3O5S/c1-25(28-14-10-11-15-28,20-12-8-7-9-13-20)27(4)24(29)17-19-16-21(32-5)22(33-6)18-23(19)34(30,31)26(2)3/h7-9,12-13,16,18H,10-11,14-15,17H2,1-6H3/t25-/m1/s1. The van der Waals surface area contributed by atoms with Crippen molar-refractivity contribution in [2.45, 2.75) is 36.7 Å². The first-order valence-electron chi connectivity index (χ1n) is 11.3. The number of likely N-dealkylation sites (N-methyl/N-ethyl adjacent to an activating group) is 1. The molecule has 9 heteroatoms. The lowest BCUT2D eigenvalue weighted by molar-refractivity contribution is -0.143. The molecule has 0 N–H and O–H groups in total. The van der Waals surface area contributed by atoms with Gasteiger partial charge in [-0.25, -0.2) is 12.7 Å². The van der Waals surface area contributed by atoms with E-state index in [1.165, 1.54) is 34.4 Å². The van der Waals surface area contributed by atoms with E-state index in [-0.39, 0.29) is 17.2 Å². The maximum Gasteiger partial charge on any atom is 0.242 e. The van der Waals surface area contributed by atoms with Crippen LogP contribution in [0.1, 0.15) is 30.9 Å². The van der Waals surface area contributed by atoms with E-state index in [1.54, 1.807) is 18.0 Å². The number of hydrogen-bond donors (Lipinski definition) is 0. The minimum absolute atomic E-state index is 0.0273. The second-order valence-corrected chi connectivity index (χ2v) is 10.9. The van der Waals surface area contributed by atoms with Gasteiger partial charge in [0.05, 0.1) is 25.5 Å². The Morgan fingerprint density at radius 2 is 1.56 bits per heavy atom. The van der Waals surface area contributed by atoms with Crippen LogP contribution in [0.3, 0.4) is 0 Å². The number of benzene rings is 2. The van der Waals surface area contributed by atoms with Crippen molar-refractivity contribution in [2.75, 3.05) is 48.5 Å². The van der Waals surface area contributed by atoms with Crippen LogP contribution < -0.4 is 9.47 Å². The van der Waals surface area contributed by atoms with E-state index in [1.807, 2.05) is 30.3 Å². The zero-order chi connectivity index (χ0) is 25.1. The van der Waals surface area contributed by atoms with E-state index in [4.69, 9.17) is 9.47 Å². The van der Waals surface area contributed by atoms with Crippen LogP contribution in [0.4, 0.5) is 0 Å². The second-order valence-electron chi connectivity index (χ2n) is 8.81. The van der Waals surface area contributed by atoms with E-state index in [2.05, 4.69) is 11.8 Å². The Bertz CT molecular complexity index is 1110. The molecule has 3 rings (SSSR count). The molecule has 1 aliphatic heterocycles. The van der Waals surface area contributed by atoms with Gasteiger partial charge in [0.15, 0.2) is 11.5 Å². The zero-order valence-electron chi connectivity index (χ0n) is 20.9. The number of ether oxygens (including phenoxy) is 2. The molecule has 186 valence electrons. The van der Waals surface area contributed by atoms with Gasteiger partial charge in [-0.15, -0.1) is 0 Å². The zero-order valence-corrected chi connectivity index (χ0v) is 21.7. The van der Waals surface area contributed by atoms with Crippen molar-refractivity contribution in [2.24, 2.45) is 0 Å². The lowest BCUT2D eigenvalue weighted by Gasteiger charge is -2.46. The summed E-state index contributed by atoms with van der Waals surface area (Å²) < 4.78 is 38.0. The van der Waals surface area contributed by atoms with Crippen LogP contribution in [-0.2, 0) is 26.9 Å². The molecule has 0 aliphatic carbocycles. The molecule has 1 heterocycles. The Morgan fingerprint density at radius 1 is 1.00 bits per heavy atom. The third-order valence-corrected chi connectivity index (χ3v) is 8.63. The average molecular weight is 490 g/mol. The van der Waals surface area contributed by atoms with Gasteiger partial charge in [-0.3, -0.25) is 9.69 Å². The fourth-order valence-electron chi connectivity index (χ4n) is 4.50. The first-order chi connectivity index (χ1) is 16.1. The van der Waals surface area contributed by atoms with Gasteiger partial charge in [-0.1, -0.05) is 30.3 Å². The number of hydrogen-bond acceptors (Lipinski definition) is 6. The van der Waals surface area contributed by atoms with E-state index >= 15 is 0 Å². The Kier molecular flexibility index (Phi) is 7.90. The van der Waals surface area contributed by atoms with E-state index < -0.39 is 15.7 Å². The fourth-order valence-corrected chi connectivity index (χ4v) is 5.61. The molecule has 0 unspecified atom stereocenters. The third kappa shape index (κ3) is 4.78. The summed E-state index contributed by atoms with van der Waals surface area (Å²) in [5, 5.41) is 0. The van der Waals surface area contributed by atoms with Crippen LogP contribution in [0.5, 0.6) is 11.5 Å². The normalized spacial score (nSPS) is 16.3. The van der Waals surface area contributed by atoms with Crippen LogP contribution >= 0.6 is 0 Å². The molecule has 0 spiro atoms. The number of amides is 1. The molecular weight excluding hydrogens is 454 g/mol. The first kappa shape index (κ1) is 26.0. The number of carbonyl (C=O) groups is 1. The minimum Gasteiger partial charge on any atom is -0.493 e. The lowest BCUT2D eigenvalue weighted by atomic mass is 9.97. The summed E-state index contributed by atoms with van der Waals surface area (Å²) in [4.78, 5) is 17.8. The van der Waals surface area contributed by atoms with Gasteiger partial charge >= 0.3 is 0 Å². The van der Waals surface area contributed by atoms with Crippen LogP contribution in [0.25, 0.3) is 0 Å². The maximum atomic E-state index is 13.7. The number of sulfonamides is 1. The van der Waals surface area contributed by atoms with Gasteiger partial charge in [0.1, 0.15) is 5.66 Å². The molecule has 8 nitrogen and oxygen atoms in total. The summed E-state index contributed by atoms with van der Waals surface area (Å²) in [5.41, 5.74) is 0.715. The summed E-state index contributed by atoms with van der Waals surface area (Å²) in [6.45, 7) is 3.83. The van der Waals surface area contributed by atoms with Crippen molar-refractivity contribution in [1.82, 2.24) is 14.1 Å². The van der Waals surface area contributed by atoms with Gasteiger partial charge in [0.25, 0.3) is 0 Å². The highest BCUT2D eigenvalue weighted by atomic mass is 32.2. The molecule has 1 amide bonds. The van der Waals surface area contributed by atoms with Gasteiger partial charge in [0, 0.05) is 40.3 Å². The van der Waals surface area contributed by atoms with Crippen LogP contribution in [0, 0.1) is 0 Å². The monoisotopic (exact) mass is 489 g/mol. The highest BCUT2D eigenvalue weighted by Gasteiger charge is 2.41. The van der Waals surface area contributed by atoms with Crippen molar-refractivity contribution in [3.8, 4) is 11.5 Å². The Labute approximate surface area is 203 Å². The van der Waals surface area contributed by atoms with Crippen LogP contribution in [0.15, 0.2) is 47.4 Å². The summed E-state index contributed by atoms with van der Waals surface area (Å²) in [7, 11) is 3.82. The van der Waals surface area contributed by atoms with Gasteiger partial charge in [0.2, 0.25) is 15.9 Å². The van der Waals surface area contributed by atoms with E-state index in [0.717, 1.165) is 35.8 Å². The van der Waals surface area contributed by atoms with Crippen molar-refractivity contribution < 1.29 is 22.7 Å². The first-order valence-corrected chi connectivity index (χ1v) is 12.8. The highest BCUT2D eigenvalue weighted by Crippen LogP contribution is 2.37. The summed E-state index contributed by atoms with van der Waals surface area (Å²) in [5.74, 6) is 0.468. The maximum absolute atomic E-state index is 13.7. The van der Waals surface area contributed by atoms with Gasteiger partial charge < -0.3 is 14.4 Å². The lowest BCUT2D eigenvalue weighted by Crippen LogP contribution is -2.56. The molecule has 0 saturated carbocycles. The molecule has 34 heavy (non-hydrogen) atoms. The van der Waals surface area contributed by atoms with Crippen molar-refractivity contribution in [3.05, 3.63) is 53.6 Å². The fraction of sp³-hybridized carbons (Fsp3) is 0.480. The topological polar surface area (TPSA) is 79.4 Å². The summed E-state index contributed by atoms with van der Waals surface area (Å²) in [6.07, 6.45) is 2.05. The highest BCUT2D eigenvalue weighted by molar-refractivity contribution is 7.89. The minimum atomic E-state index is -3.82. The predicted octanol–water partition coefficient (Wildman–Crippen LogP) is 2.92. The summed E-state index contributed by atoms with van der Waals surface area (Å²) in [6, 6.07) is 13.0. The molecule has 1 atom stereocenters. The molecular formula is C25H35N3O5S. The van der Waals surface area contributed by atoms with Crippen molar-refractivity contribution in [3.63, 3.8) is 0 Å². The molecule has 2 aromatic carbocycles.